The average Bonchev–Trinajstić information content (AvgIpc) is 2.65. The summed E-state index contributed by atoms with van der Waals surface area (Å²) in [5.74, 6) is 0.498. The van der Waals surface area contributed by atoms with Crippen LogP contribution in [0.3, 0.4) is 0 Å². The van der Waals surface area contributed by atoms with Crippen LogP contribution >= 0.6 is 0 Å². The Hall–Kier alpha value is 1.19. The van der Waals surface area contributed by atoms with Crippen molar-refractivity contribution in [2.75, 3.05) is 0 Å². The first-order chi connectivity index (χ1) is 7.25. The van der Waals surface area contributed by atoms with Gasteiger partial charge in [-0.2, -0.15) is 0 Å². The second-order valence-electron chi connectivity index (χ2n) is 4.10. The molecule has 0 aliphatic carbocycles. The Morgan fingerprint density at radius 3 is 2.62 bits per heavy atom. The summed E-state index contributed by atoms with van der Waals surface area (Å²) in [7, 11) is 0. The molecule has 0 N–H and O–H groups in total. The van der Waals surface area contributed by atoms with Gasteiger partial charge in [-0.05, 0) is 18.9 Å². The van der Waals surface area contributed by atoms with Crippen LogP contribution in [0.2, 0.25) is 0 Å². The Morgan fingerprint density at radius 1 is 1.38 bits per heavy atom. The Bertz CT molecular complexity index is 302. The zero-order chi connectivity index (χ0) is 10.7. The molecule has 0 radical (unpaired) electrons. The maximum absolute atomic E-state index is 5.81. The molecule has 3 heteroatoms. The number of ether oxygens (including phenoxy) is 2. The molecule has 1 aliphatic heterocycles. The maximum Gasteiger partial charge on any atom is 1.00 e. The fourth-order valence-corrected chi connectivity index (χ4v) is 1.75. The van der Waals surface area contributed by atoms with Crippen molar-refractivity contribution < 1.29 is 78.4 Å². The van der Waals surface area contributed by atoms with E-state index in [1.807, 2.05) is 24.8 Å². The van der Waals surface area contributed by atoms with E-state index in [0.29, 0.717) is 5.92 Å². The van der Waals surface area contributed by atoms with E-state index in [0.717, 1.165) is 6.42 Å². The van der Waals surface area contributed by atoms with Crippen LogP contribution in [0.5, 0.6) is 0 Å². The minimum absolute atomic E-state index is 0. The van der Waals surface area contributed by atoms with Gasteiger partial charge >= 0.3 is 68.9 Å². The minimum atomic E-state index is -0.0739. The predicted octanol–water partition coefficient (Wildman–Crippen LogP) is 0.312. The van der Waals surface area contributed by atoms with E-state index in [-0.39, 0.29) is 81.3 Å². The summed E-state index contributed by atoms with van der Waals surface area (Å²) in [5.41, 5.74) is 1.20. The molecule has 2 nitrogen and oxygen atoms in total. The van der Waals surface area contributed by atoms with Gasteiger partial charge in [0.15, 0.2) is 0 Å². The van der Waals surface area contributed by atoms with Crippen LogP contribution in [0.15, 0.2) is 30.3 Å². The van der Waals surface area contributed by atoms with Crippen molar-refractivity contribution in [3.63, 3.8) is 0 Å². The van der Waals surface area contributed by atoms with Crippen LogP contribution in [-0.4, -0.2) is 6.29 Å². The first kappa shape index (κ1) is 15.3. The Labute approximate surface area is 157 Å². The number of hydrogen-bond acceptors (Lipinski definition) is 2. The van der Waals surface area contributed by atoms with Crippen LogP contribution in [0.4, 0.5) is 0 Å². The molecule has 82 valence electrons. The first-order valence-corrected chi connectivity index (χ1v) is 5.45. The SMILES string of the molecule is C[C@H](OC1C[C@@H](C)[CH-]O1)c1ccccc1.[Cs+]. The standard InChI is InChI=1S/C13H17O2.Cs/c1-10-8-13(14-9-10)15-11(2)12-6-4-3-5-7-12;/h3-7,9-11,13H,8H2,1-2H3;/q-1;+1/t10-,11+,13?;/m1./s1. The molecular weight excluding hydrogens is 321 g/mol. The van der Waals surface area contributed by atoms with Gasteiger partial charge in [0, 0.05) is 0 Å². The van der Waals surface area contributed by atoms with Crippen LogP contribution < -0.4 is 68.9 Å². The summed E-state index contributed by atoms with van der Waals surface area (Å²) >= 11 is 0. The van der Waals surface area contributed by atoms with Gasteiger partial charge in [0.05, 0.1) is 6.10 Å². The molecule has 0 aromatic heterocycles. The number of hydrogen-bond donors (Lipinski definition) is 0. The van der Waals surface area contributed by atoms with E-state index in [4.69, 9.17) is 9.47 Å². The Balaban J connectivity index is 0.00000128. The molecule has 1 fully saturated rings. The van der Waals surface area contributed by atoms with Gasteiger partial charge in [0.2, 0.25) is 0 Å². The van der Waals surface area contributed by atoms with E-state index >= 15 is 0 Å². The monoisotopic (exact) mass is 338 g/mol. The molecule has 0 bridgehead atoms. The molecule has 2 rings (SSSR count). The van der Waals surface area contributed by atoms with Gasteiger partial charge in [0.25, 0.3) is 0 Å². The molecule has 1 saturated heterocycles. The van der Waals surface area contributed by atoms with E-state index in [1.54, 1.807) is 0 Å². The third-order valence-electron chi connectivity index (χ3n) is 2.65. The number of rotatable bonds is 3. The average molecular weight is 338 g/mol. The molecule has 1 unspecified atom stereocenters. The van der Waals surface area contributed by atoms with Crippen LogP contribution in [-0.2, 0) is 9.47 Å². The summed E-state index contributed by atoms with van der Waals surface area (Å²) in [4.78, 5) is 0. The summed E-state index contributed by atoms with van der Waals surface area (Å²) < 4.78 is 11.2. The molecule has 16 heavy (non-hydrogen) atoms. The van der Waals surface area contributed by atoms with Crippen molar-refractivity contribution >= 4 is 0 Å². The first-order valence-electron chi connectivity index (χ1n) is 5.45. The van der Waals surface area contributed by atoms with Crippen molar-refractivity contribution in [2.24, 2.45) is 5.92 Å². The fourth-order valence-electron chi connectivity index (χ4n) is 1.75. The van der Waals surface area contributed by atoms with E-state index < -0.39 is 0 Å². The van der Waals surface area contributed by atoms with Gasteiger partial charge in [-0.25, -0.2) is 6.61 Å². The largest absolute Gasteiger partial charge is 1.00 e. The summed E-state index contributed by atoms with van der Waals surface area (Å²) in [5, 5.41) is 0. The second kappa shape index (κ2) is 7.59. The molecular formula is C13H17CsO2. The van der Waals surface area contributed by atoms with Gasteiger partial charge in [-0.1, -0.05) is 37.3 Å². The maximum atomic E-state index is 5.81. The fraction of sp³-hybridized carbons (Fsp3) is 0.462. The third-order valence-corrected chi connectivity index (χ3v) is 2.65. The normalized spacial score (nSPS) is 26.1. The predicted molar refractivity (Wildman–Crippen MR) is 58.9 cm³/mol. The van der Waals surface area contributed by atoms with Crippen LogP contribution in [0, 0.1) is 12.5 Å². The van der Waals surface area contributed by atoms with Crippen LogP contribution in [0.1, 0.15) is 31.9 Å². The molecule has 1 aliphatic rings. The third kappa shape index (κ3) is 4.46. The van der Waals surface area contributed by atoms with Gasteiger partial charge in [-0.3, -0.25) is 0 Å². The van der Waals surface area contributed by atoms with E-state index in [9.17, 15) is 0 Å². The number of benzene rings is 1. The smallest absolute Gasteiger partial charge is 0.529 e. The quantitative estimate of drug-likeness (QED) is 0.739. The van der Waals surface area contributed by atoms with E-state index in [1.165, 1.54) is 5.56 Å². The van der Waals surface area contributed by atoms with Crippen molar-refractivity contribution in [2.45, 2.75) is 32.7 Å². The zero-order valence-electron chi connectivity index (χ0n) is 10.2. The van der Waals surface area contributed by atoms with E-state index in [2.05, 4.69) is 26.0 Å². The van der Waals surface area contributed by atoms with Crippen molar-refractivity contribution in [1.82, 2.24) is 0 Å². The molecule has 3 atom stereocenters. The second-order valence-corrected chi connectivity index (χ2v) is 4.10. The van der Waals surface area contributed by atoms with Crippen molar-refractivity contribution in [3.05, 3.63) is 42.5 Å². The molecule has 1 aromatic carbocycles. The molecule has 0 saturated carbocycles. The van der Waals surface area contributed by atoms with Crippen molar-refractivity contribution in [1.29, 1.82) is 0 Å². The van der Waals surface area contributed by atoms with Gasteiger partial charge in [-0.15, -0.1) is 5.92 Å². The Kier molecular flexibility index (Phi) is 7.23. The van der Waals surface area contributed by atoms with Gasteiger partial charge in [0.1, 0.15) is 6.29 Å². The van der Waals surface area contributed by atoms with Crippen molar-refractivity contribution in [3.8, 4) is 0 Å². The Morgan fingerprint density at radius 2 is 2.06 bits per heavy atom. The summed E-state index contributed by atoms with van der Waals surface area (Å²) in [6, 6.07) is 10.2. The molecule has 0 amide bonds. The molecule has 1 heterocycles. The molecule has 1 aromatic rings. The topological polar surface area (TPSA) is 18.5 Å². The minimum Gasteiger partial charge on any atom is -0.529 e. The van der Waals surface area contributed by atoms with Crippen LogP contribution in [0.25, 0.3) is 0 Å². The molecule has 0 spiro atoms. The summed E-state index contributed by atoms with van der Waals surface area (Å²) in [6.45, 7) is 6.06. The summed E-state index contributed by atoms with van der Waals surface area (Å²) in [6.07, 6.45) is 0.974. The zero-order valence-corrected chi connectivity index (χ0v) is 16.5. The van der Waals surface area contributed by atoms with Gasteiger partial charge < -0.3 is 9.47 Å².